The molecule has 1 aliphatic rings. The van der Waals surface area contributed by atoms with Gasteiger partial charge in [-0.15, -0.1) is 0 Å². The molecule has 0 saturated carbocycles. The van der Waals surface area contributed by atoms with E-state index in [1.165, 1.54) is 5.56 Å². The van der Waals surface area contributed by atoms with Crippen molar-refractivity contribution in [2.45, 2.75) is 19.9 Å². The zero-order valence-corrected chi connectivity index (χ0v) is 16.4. The number of piperazine rings is 1. The zero-order chi connectivity index (χ0) is 18.5. The Morgan fingerprint density at radius 1 is 1.04 bits per heavy atom. The van der Waals surface area contributed by atoms with Crippen molar-refractivity contribution >= 4 is 5.96 Å². The van der Waals surface area contributed by atoms with E-state index in [-0.39, 0.29) is 0 Å². The van der Waals surface area contributed by atoms with Crippen LogP contribution in [0.4, 0.5) is 0 Å². The van der Waals surface area contributed by atoms with Crippen LogP contribution in [0.1, 0.15) is 18.9 Å². The molecule has 1 saturated heterocycles. The topological polar surface area (TPSA) is 52.1 Å². The van der Waals surface area contributed by atoms with E-state index in [4.69, 9.17) is 4.74 Å². The highest BCUT2D eigenvalue weighted by Gasteiger charge is 2.16. The summed E-state index contributed by atoms with van der Waals surface area (Å²) >= 11 is 0. The molecule has 2 rings (SSSR count). The maximum atomic E-state index is 5.32. The normalized spacial score (nSPS) is 16.6. The minimum atomic E-state index is 0.713. The highest BCUT2D eigenvalue weighted by molar-refractivity contribution is 5.79. The molecule has 6 nitrogen and oxygen atoms in total. The van der Waals surface area contributed by atoms with E-state index in [1.807, 2.05) is 14.0 Å². The van der Waals surface area contributed by atoms with E-state index in [9.17, 15) is 0 Å². The highest BCUT2D eigenvalue weighted by Crippen LogP contribution is 2.08. The fourth-order valence-corrected chi connectivity index (χ4v) is 3.13. The maximum absolute atomic E-state index is 5.32. The smallest absolute Gasteiger partial charge is 0.191 e. The van der Waals surface area contributed by atoms with Gasteiger partial charge in [-0.25, -0.2) is 0 Å². The first-order chi connectivity index (χ1) is 12.8. The molecule has 0 atom stereocenters. The first-order valence-electron chi connectivity index (χ1n) is 9.82. The number of guanidine groups is 1. The van der Waals surface area contributed by atoms with E-state index >= 15 is 0 Å². The van der Waals surface area contributed by atoms with Crippen LogP contribution in [0.25, 0.3) is 0 Å². The number of hydrogen-bond donors (Lipinski definition) is 2. The number of benzene rings is 1. The fourth-order valence-electron chi connectivity index (χ4n) is 3.13. The molecule has 26 heavy (non-hydrogen) atoms. The van der Waals surface area contributed by atoms with Gasteiger partial charge in [-0.3, -0.25) is 9.89 Å². The Kier molecular flexibility index (Phi) is 10.1. The summed E-state index contributed by atoms with van der Waals surface area (Å²) in [7, 11) is 1.81. The van der Waals surface area contributed by atoms with Gasteiger partial charge in [0.1, 0.15) is 0 Å². The molecule has 1 aromatic rings. The molecule has 1 fully saturated rings. The predicted molar refractivity (Wildman–Crippen MR) is 109 cm³/mol. The summed E-state index contributed by atoms with van der Waals surface area (Å²) in [6.07, 6.45) is 1.13. The third-order valence-corrected chi connectivity index (χ3v) is 4.62. The molecule has 146 valence electrons. The van der Waals surface area contributed by atoms with Gasteiger partial charge in [0.25, 0.3) is 0 Å². The van der Waals surface area contributed by atoms with Crippen LogP contribution in [0, 0.1) is 0 Å². The quantitative estimate of drug-likeness (QED) is 0.375. The Bertz CT molecular complexity index is 500. The Morgan fingerprint density at radius 3 is 2.42 bits per heavy atom. The molecule has 0 radical (unpaired) electrons. The molecule has 2 N–H and O–H groups in total. The molecule has 1 heterocycles. The van der Waals surface area contributed by atoms with Crippen molar-refractivity contribution in [3.63, 3.8) is 0 Å². The van der Waals surface area contributed by atoms with Gasteiger partial charge in [-0.05, 0) is 25.5 Å². The van der Waals surface area contributed by atoms with Gasteiger partial charge in [0.05, 0.1) is 6.61 Å². The van der Waals surface area contributed by atoms with Crippen molar-refractivity contribution in [2.24, 2.45) is 4.99 Å². The predicted octanol–water partition coefficient (Wildman–Crippen LogP) is 1.40. The molecular weight excluding hydrogens is 326 g/mol. The Hall–Kier alpha value is -1.63. The minimum Gasteiger partial charge on any atom is -0.380 e. The summed E-state index contributed by atoms with van der Waals surface area (Å²) in [5, 5.41) is 6.64. The fraction of sp³-hybridized carbons (Fsp3) is 0.650. The monoisotopic (exact) mass is 361 g/mol. The lowest BCUT2D eigenvalue weighted by Gasteiger charge is -2.34. The SMILES string of the molecule is CCOCCNC(=NC)NCCCN1CCN(Cc2ccccc2)CC1. The Labute approximate surface area is 158 Å². The number of ether oxygens (including phenoxy) is 1. The van der Waals surface area contributed by atoms with Crippen LogP contribution < -0.4 is 10.6 Å². The van der Waals surface area contributed by atoms with Crippen LogP contribution in [0.3, 0.4) is 0 Å². The van der Waals surface area contributed by atoms with E-state index in [1.54, 1.807) is 0 Å². The molecule has 0 aromatic heterocycles. The van der Waals surface area contributed by atoms with Gasteiger partial charge >= 0.3 is 0 Å². The molecule has 0 amide bonds. The van der Waals surface area contributed by atoms with E-state index < -0.39 is 0 Å². The van der Waals surface area contributed by atoms with E-state index in [0.29, 0.717) is 6.61 Å². The van der Waals surface area contributed by atoms with Crippen molar-refractivity contribution in [3.8, 4) is 0 Å². The molecule has 0 bridgehead atoms. The summed E-state index contributed by atoms with van der Waals surface area (Å²) < 4.78 is 5.32. The average molecular weight is 362 g/mol. The second-order valence-corrected chi connectivity index (χ2v) is 6.58. The van der Waals surface area contributed by atoms with Crippen molar-refractivity contribution in [3.05, 3.63) is 35.9 Å². The number of aliphatic imine (C=N–C) groups is 1. The van der Waals surface area contributed by atoms with Crippen molar-refractivity contribution < 1.29 is 4.74 Å². The number of nitrogens with zero attached hydrogens (tertiary/aromatic N) is 3. The molecule has 1 aliphatic heterocycles. The van der Waals surface area contributed by atoms with E-state index in [0.717, 1.165) is 71.3 Å². The lowest BCUT2D eigenvalue weighted by Crippen LogP contribution is -2.46. The van der Waals surface area contributed by atoms with Gasteiger partial charge < -0.3 is 20.3 Å². The van der Waals surface area contributed by atoms with Gasteiger partial charge in [-0.1, -0.05) is 30.3 Å². The molecule has 0 spiro atoms. The van der Waals surface area contributed by atoms with Crippen LogP contribution in [0.15, 0.2) is 35.3 Å². The summed E-state index contributed by atoms with van der Waals surface area (Å²) in [6, 6.07) is 10.8. The largest absolute Gasteiger partial charge is 0.380 e. The molecule has 6 heteroatoms. The summed E-state index contributed by atoms with van der Waals surface area (Å²) in [4.78, 5) is 9.35. The third kappa shape index (κ3) is 8.17. The Morgan fingerprint density at radius 2 is 1.73 bits per heavy atom. The number of hydrogen-bond acceptors (Lipinski definition) is 4. The van der Waals surface area contributed by atoms with E-state index in [2.05, 4.69) is 55.8 Å². The van der Waals surface area contributed by atoms with Crippen LogP contribution in [-0.2, 0) is 11.3 Å². The molecule has 0 aliphatic carbocycles. The summed E-state index contributed by atoms with van der Waals surface area (Å²) in [5.41, 5.74) is 1.41. The molecule has 0 unspecified atom stereocenters. The van der Waals surface area contributed by atoms with Crippen LogP contribution in [-0.4, -0.2) is 81.8 Å². The standard InChI is InChI=1S/C20H35N5O/c1-3-26-17-11-23-20(21-2)22-10-7-12-24-13-15-25(16-14-24)18-19-8-5-4-6-9-19/h4-6,8-9H,3,7,10-18H2,1-2H3,(H2,21,22,23). The van der Waals surface area contributed by atoms with Crippen molar-refractivity contribution in [1.82, 2.24) is 20.4 Å². The molecular formula is C20H35N5O. The average Bonchev–Trinajstić information content (AvgIpc) is 2.69. The summed E-state index contributed by atoms with van der Waals surface area (Å²) in [6.45, 7) is 12.1. The van der Waals surface area contributed by atoms with Crippen LogP contribution in [0.5, 0.6) is 0 Å². The lowest BCUT2D eigenvalue weighted by atomic mass is 10.2. The van der Waals surface area contributed by atoms with Crippen molar-refractivity contribution in [2.75, 3.05) is 66.1 Å². The second kappa shape index (κ2) is 12.7. The first-order valence-corrected chi connectivity index (χ1v) is 9.82. The van der Waals surface area contributed by atoms with Gasteiger partial charge in [0, 0.05) is 59.5 Å². The van der Waals surface area contributed by atoms with Crippen molar-refractivity contribution in [1.29, 1.82) is 0 Å². The Balaban J connectivity index is 1.53. The molecule has 1 aromatic carbocycles. The van der Waals surface area contributed by atoms with Gasteiger partial charge in [0.15, 0.2) is 5.96 Å². The lowest BCUT2D eigenvalue weighted by molar-refractivity contribution is 0.126. The second-order valence-electron chi connectivity index (χ2n) is 6.58. The summed E-state index contributed by atoms with van der Waals surface area (Å²) in [5.74, 6) is 0.859. The number of rotatable bonds is 10. The maximum Gasteiger partial charge on any atom is 0.191 e. The zero-order valence-electron chi connectivity index (χ0n) is 16.4. The van der Waals surface area contributed by atoms with Gasteiger partial charge in [-0.2, -0.15) is 0 Å². The first kappa shape index (κ1) is 20.7. The highest BCUT2D eigenvalue weighted by atomic mass is 16.5. The number of nitrogens with one attached hydrogen (secondary N) is 2. The third-order valence-electron chi connectivity index (χ3n) is 4.62. The van der Waals surface area contributed by atoms with Crippen LogP contribution >= 0.6 is 0 Å². The van der Waals surface area contributed by atoms with Gasteiger partial charge in [0.2, 0.25) is 0 Å². The minimum absolute atomic E-state index is 0.713. The van der Waals surface area contributed by atoms with Crippen LogP contribution in [0.2, 0.25) is 0 Å².